The number of benzene rings is 2. The predicted octanol–water partition coefficient (Wildman–Crippen LogP) is 4.25. The van der Waals surface area contributed by atoms with Crippen molar-refractivity contribution in [2.75, 3.05) is 57.4 Å². The Labute approximate surface area is 260 Å². The number of para-hydroxylation sites is 1. The van der Waals surface area contributed by atoms with Crippen LogP contribution < -0.4 is 9.64 Å². The van der Waals surface area contributed by atoms with Crippen molar-refractivity contribution < 1.29 is 33.4 Å². The van der Waals surface area contributed by atoms with Crippen LogP contribution in [-0.4, -0.2) is 92.1 Å². The third-order valence-corrected chi connectivity index (χ3v) is 8.16. The average molecular weight is 608 g/mol. The van der Waals surface area contributed by atoms with Crippen molar-refractivity contribution in [1.29, 1.82) is 0 Å². The number of carbonyl (C=O) groups is 4. The highest BCUT2D eigenvalue weighted by atomic mass is 16.5. The number of rotatable bonds is 15. The molecule has 0 saturated carbocycles. The molecule has 10 heteroatoms. The molecule has 4 rings (SSSR count). The fraction of sp³-hybridized carbons (Fsp3) is 0.529. The minimum absolute atomic E-state index is 0.00679. The first-order valence-electron chi connectivity index (χ1n) is 15.7. The number of hydrogen-bond acceptors (Lipinski definition) is 8. The topological polar surface area (TPSA) is 106 Å². The summed E-state index contributed by atoms with van der Waals surface area (Å²) in [6.45, 7) is 7.19. The maximum absolute atomic E-state index is 13.2. The monoisotopic (exact) mass is 607 g/mol. The lowest BCUT2D eigenvalue weighted by molar-refractivity contribution is -0.141. The largest absolute Gasteiger partial charge is 0.494 e. The maximum atomic E-state index is 13.2. The Kier molecular flexibility index (Phi) is 12.6. The second-order valence-corrected chi connectivity index (χ2v) is 11.4. The molecule has 2 heterocycles. The standard InChI is InChI=1S/C34H45N3O7/c1-26(38)42-24-21-35(22-25-43-27(2)39)18-6-3-7-23-44-31-13-10-29(11-14-31)34(41)36-19-16-30(17-20-36)37-32-9-5-4-8-28(32)12-15-33(37)40/h4-5,8-11,13-14,30H,3,6-7,12,15-25H2,1-2H3. The predicted molar refractivity (Wildman–Crippen MR) is 167 cm³/mol. The van der Waals surface area contributed by atoms with E-state index >= 15 is 0 Å². The van der Waals surface area contributed by atoms with E-state index in [2.05, 4.69) is 11.0 Å². The van der Waals surface area contributed by atoms with E-state index in [1.165, 1.54) is 19.4 Å². The van der Waals surface area contributed by atoms with Gasteiger partial charge in [0.1, 0.15) is 19.0 Å². The van der Waals surface area contributed by atoms with E-state index in [0.29, 0.717) is 58.0 Å². The lowest BCUT2D eigenvalue weighted by Crippen LogP contribution is -2.50. The normalized spacial score (nSPS) is 15.2. The number of unbranched alkanes of at least 4 members (excludes halogenated alkanes) is 2. The van der Waals surface area contributed by atoms with Gasteiger partial charge in [-0.25, -0.2) is 0 Å². The molecule has 2 aromatic carbocycles. The summed E-state index contributed by atoms with van der Waals surface area (Å²) in [6, 6.07) is 15.6. The van der Waals surface area contributed by atoms with Gasteiger partial charge in [-0.05, 0) is 81.0 Å². The molecular weight excluding hydrogens is 562 g/mol. The number of anilines is 1. The highest BCUT2D eigenvalue weighted by Crippen LogP contribution is 2.32. The number of piperidine rings is 1. The van der Waals surface area contributed by atoms with Crippen molar-refractivity contribution in [3.63, 3.8) is 0 Å². The Morgan fingerprint density at radius 1 is 0.795 bits per heavy atom. The highest BCUT2D eigenvalue weighted by Gasteiger charge is 2.33. The number of esters is 2. The molecule has 2 aliphatic heterocycles. The third kappa shape index (κ3) is 9.80. The van der Waals surface area contributed by atoms with Crippen LogP contribution in [-0.2, 0) is 30.3 Å². The fourth-order valence-corrected chi connectivity index (χ4v) is 5.83. The van der Waals surface area contributed by atoms with Crippen LogP contribution in [0.15, 0.2) is 48.5 Å². The number of fused-ring (bicyclic) bond motifs is 1. The lowest BCUT2D eigenvalue weighted by Gasteiger charge is -2.41. The number of carbonyl (C=O) groups excluding carboxylic acids is 4. The van der Waals surface area contributed by atoms with E-state index in [0.717, 1.165) is 56.5 Å². The van der Waals surface area contributed by atoms with Gasteiger partial charge in [0.05, 0.1) is 6.61 Å². The van der Waals surface area contributed by atoms with E-state index in [9.17, 15) is 19.2 Å². The summed E-state index contributed by atoms with van der Waals surface area (Å²) < 4.78 is 16.0. The molecule has 10 nitrogen and oxygen atoms in total. The highest BCUT2D eigenvalue weighted by molar-refractivity contribution is 5.97. The van der Waals surface area contributed by atoms with Crippen LogP contribution in [0.5, 0.6) is 5.75 Å². The quantitative estimate of drug-likeness (QED) is 0.219. The molecular formula is C34H45N3O7. The molecule has 0 bridgehead atoms. The first-order valence-corrected chi connectivity index (χ1v) is 15.7. The van der Waals surface area contributed by atoms with Crippen LogP contribution in [0.3, 0.4) is 0 Å². The van der Waals surface area contributed by atoms with Crippen molar-refractivity contribution in [2.24, 2.45) is 0 Å². The first-order chi connectivity index (χ1) is 21.3. The molecule has 0 aliphatic carbocycles. The van der Waals surface area contributed by atoms with E-state index in [4.69, 9.17) is 14.2 Å². The van der Waals surface area contributed by atoms with Crippen LogP contribution in [0.2, 0.25) is 0 Å². The Hall–Kier alpha value is -3.92. The molecule has 0 aromatic heterocycles. The Balaban J connectivity index is 1.15. The summed E-state index contributed by atoms with van der Waals surface area (Å²) >= 11 is 0. The van der Waals surface area contributed by atoms with Crippen LogP contribution in [0.25, 0.3) is 0 Å². The Morgan fingerprint density at radius 3 is 2.11 bits per heavy atom. The summed E-state index contributed by atoms with van der Waals surface area (Å²) in [5.41, 5.74) is 2.89. The average Bonchev–Trinajstić information content (AvgIpc) is 3.02. The zero-order valence-corrected chi connectivity index (χ0v) is 26.0. The fourth-order valence-electron chi connectivity index (χ4n) is 5.83. The number of nitrogens with zero attached hydrogens (tertiary/aromatic N) is 3. The van der Waals surface area contributed by atoms with Crippen molar-refractivity contribution in [2.45, 2.75) is 64.8 Å². The van der Waals surface area contributed by atoms with Gasteiger partial charge in [-0.2, -0.15) is 0 Å². The second-order valence-electron chi connectivity index (χ2n) is 11.4. The molecule has 1 saturated heterocycles. The van der Waals surface area contributed by atoms with Gasteiger partial charge in [0, 0.05) is 63.7 Å². The van der Waals surface area contributed by atoms with E-state index in [-0.39, 0.29) is 29.8 Å². The van der Waals surface area contributed by atoms with Crippen molar-refractivity contribution in [3.8, 4) is 5.75 Å². The molecule has 2 aliphatic rings. The van der Waals surface area contributed by atoms with Gasteiger partial charge in [0.25, 0.3) is 5.91 Å². The van der Waals surface area contributed by atoms with Gasteiger partial charge < -0.3 is 24.0 Å². The smallest absolute Gasteiger partial charge is 0.302 e. The lowest BCUT2D eigenvalue weighted by atomic mass is 9.95. The molecule has 0 radical (unpaired) electrons. The van der Waals surface area contributed by atoms with E-state index in [1.807, 2.05) is 52.3 Å². The van der Waals surface area contributed by atoms with Gasteiger partial charge in [-0.1, -0.05) is 18.2 Å². The number of ether oxygens (including phenoxy) is 3. The number of likely N-dealkylation sites (tertiary alicyclic amines) is 1. The second kappa shape index (κ2) is 16.8. The minimum atomic E-state index is -0.308. The molecule has 0 N–H and O–H groups in total. The van der Waals surface area contributed by atoms with Crippen molar-refractivity contribution >= 4 is 29.4 Å². The molecule has 0 spiro atoms. The Morgan fingerprint density at radius 2 is 1.45 bits per heavy atom. The number of amides is 2. The number of hydrogen-bond donors (Lipinski definition) is 0. The minimum Gasteiger partial charge on any atom is -0.494 e. The molecule has 1 fully saturated rings. The maximum Gasteiger partial charge on any atom is 0.302 e. The molecule has 2 amide bonds. The van der Waals surface area contributed by atoms with Gasteiger partial charge in [0.2, 0.25) is 5.91 Å². The summed E-state index contributed by atoms with van der Waals surface area (Å²) in [6.07, 6.45) is 5.64. The zero-order valence-electron chi connectivity index (χ0n) is 26.0. The summed E-state index contributed by atoms with van der Waals surface area (Å²) in [4.78, 5) is 54.1. The Bertz CT molecular complexity index is 1240. The third-order valence-electron chi connectivity index (χ3n) is 8.16. The molecule has 2 aromatic rings. The van der Waals surface area contributed by atoms with Gasteiger partial charge >= 0.3 is 11.9 Å². The van der Waals surface area contributed by atoms with E-state index in [1.54, 1.807) is 0 Å². The van der Waals surface area contributed by atoms with Gasteiger partial charge in [-0.15, -0.1) is 0 Å². The molecule has 238 valence electrons. The zero-order chi connectivity index (χ0) is 31.3. The molecule has 0 atom stereocenters. The van der Waals surface area contributed by atoms with Crippen LogP contribution in [0.4, 0.5) is 5.69 Å². The first kappa shape index (κ1) is 33.0. The van der Waals surface area contributed by atoms with Crippen molar-refractivity contribution in [3.05, 3.63) is 59.7 Å². The summed E-state index contributed by atoms with van der Waals surface area (Å²) in [7, 11) is 0. The summed E-state index contributed by atoms with van der Waals surface area (Å²) in [5.74, 6) is 0.300. The van der Waals surface area contributed by atoms with Gasteiger partial charge in [-0.3, -0.25) is 24.1 Å². The van der Waals surface area contributed by atoms with Crippen molar-refractivity contribution in [1.82, 2.24) is 9.80 Å². The number of aryl methyl sites for hydroxylation is 1. The van der Waals surface area contributed by atoms with E-state index < -0.39 is 0 Å². The molecule has 0 unspecified atom stereocenters. The van der Waals surface area contributed by atoms with Crippen LogP contribution in [0, 0.1) is 0 Å². The summed E-state index contributed by atoms with van der Waals surface area (Å²) in [5, 5.41) is 0. The van der Waals surface area contributed by atoms with Crippen LogP contribution >= 0.6 is 0 Å². The SMILES string of the molecule is CC(=O)OCCN(CCCCCOc1ccc(C(=O)N2CCC(N3C(=O)CCc4ccccc43)CC2)cc1)CCOC(C)=O. The molecule has 44 heavy (non-hydrogen) atoms. The van der Waals surface area contributed by atoms with Crippen LogP contribution in [0.1, 0.15) is 68.3 Å². The van der Waals surface area contributed by atoms with Gasteiger partial charge in [0.15, 0.2) is 0 Å².